The van der Waals surface area contributed by atoms with Gasteiger partial charge in [-0.1, -0.05) is 20.8 Å². The highest BCUT2D eigenvalue weighted by Gasteiger charge is 2.10. The number of aryl methyl sites for hydroxylation is 1. The Balaban J connectivity index is 2.28. The Morgan fingerprint density at radius 3 is 2.56 bits per heavy atom. The molecular weight excluding hydrogens is 200 g/mol. The van der Waals surface area contributed by atoms with E-state index in [1.165, 1.54) is 0 Å². The number of nitrogens with two attached hydrogens (primary N) is 1. The number of nitrogens with zero attached hydrogens (tertiary/aromatic N) is 2. The molecule has 2 unspecified atom stereocenters. The topological polar surface area (TPSA) is 55.9 Å². The van der Waals surface area contributed by atoms with Gasteiger partial charge in [0.05, 0.1) is 6.20 Å². The lowest BCUT2D eigenvalue weighted by atomic mass is 9.98. The zero-order chi connectivity index (χ0) is 12.1. The Labute approximate surface area is 98.2 Å². The molecule has 0 fully saturated rings. The van der Waals surface area contributed by atoms with Gasteiger partial charge in [-0.3, -0.25) is 4.68 Å². The molecule has 0 aliphatic heterocycles. The molecular formula is C12H24N4. The minimum atomic E-state index is 0.0352. The number of aromatic nitrogens is 2. The van der Waals surface area contributed by atoms with E-state index in [1.54, 1.807) is 4.68 Å². The van der Waals surface area contributed by atoms with E-state index in [4.69, 9.17) is 5.73 Å². The first-order chi connectivity index (χ1) is 7.50. The summed E-state index contributed by atoms with van der Waals surface area (Å²) in [7, 11) is 1.91. The normalized spacial score (nSPS) is 15.4. The third kappa shape index (κ3) is 3.94. The van der Waals surface area contributed by atoms with Crippen molar-refractivity contribution in [3.63, 3.8) is 0 Å². The van der Waals surface area contributed by atoms with Gasteiger partial charge < -0.3 is 11.1 Å². The fourth-order valence-electron chi connectivity index (χ4n) is 1.45. The fourth-order valence-corrected chi connectivity index (χ4v) is 1.45. The average molecular weight is 224 g/mol. The van der Waals surface area contributed by atoms with Crippen LogP contribution in [-0.2, 0) is 7.05 Å². The second-order valence-corrected chi connectivity index (χ2v) is 4.93. The smallest absolute Gasteiger partial charge is 0.0537 e. The molecule has 1 rings (SSSR count). The average Bonchev–Trinajstić information content (AvgIpc) is 2.64. The maximum atomic E-state index is 6.05. The van der Waals surface area contributed by atoms with Crippen LogP contribution < -0.4 is 11.1 Å². The summed E-state index contributed by atoms with van der Waals surface area (Å²) >= 11 is 0. The second kappa shape index (κ2) is 6.01. The van der Waals surface area contributed by atoms with Crippen molar-refractivity contribution in [2.24, 2.45) is 24.6 Å². The Bertz CT molecular complexity index is 306. The van der Waals surface area contributed by atoms with Crippen LogP contribution in [0, 0.1) is 11.8 Å². The van der Waals surface area contributed by atoms with Crippen molar-refractivity contribution < 1.29 is 0 Å². The van der Waals surface area contributed by atoms with E-state index in [0.717, 1.165) is 18.7 Å². The van der Waals surface area contributed by atoms with E-state index in [1.807, 2.05) is 19.4 Å². The Morgan fingerprint density at radius 2 is 2.06 bits per heavy atom. The van der Waals surface area contributed by atoms with E-state index in [2.05, 4.69) is 31.2 Å². The van der Waals surface area contributed by atoms with Gasteiger partial charge in [0, 0.05) is 31.4 Å². The molecule has 4 heteroatoms. The molecule has 1 heterocycles. The van der Waals surface area contributed by atoms with Gasteiger partial charge in [0.25, 0.3) is 0 Å². The van der Waals surface area contributed by atoms with Crippen molar-refractivity contribution in [3.05, 3.63) is 18.0 Å². The molecule has 16 heavy (non-hydrogen) atoms. The molecule has 0 saturated heterocycles. The Hall–Kier alpha value is -0.870. The number of rotatable bonds is 6. The highest BCUT2D eigenvalue weighted by Crippen LogP contribution is 2.09. The van der Waals surface area contributed by atoms with Crippen LogP contribution in [0.25, 0.3) is 0 Å². The van der Waals surface area contributed by atoms with Crippen molar-refractivity contribution in [2.45, 2.75) is 26.8 Å². The van der Waals surface area contributed by atoms with Crippen LogP contribution in [-0.4, -0.2) is 22.9 Å². The van der Waals surface area contributed by atoms with Gasteiger partial charge in [-0.2, -0.15) is 5.10 Å². The lowest BCUT2D eigenvalue weighted by molar-refractivity contribution is 0.388. The Morgan fingerprint density at radius 1 is 1.38 bits per heavy atom. The third-order valence-corrected chi connectivity index (χ3v) is 3.12. The number of nitrogens with one attached hydrogen (secondary N) is 1. The van der Waals surface area contributed by atoms with Crippen LogP contribution in [0.5, 0.6) is 0 Å². The molecule has 0 aromatic carbocycles. The molecule has 0 aliphatic rings. The monoisotopic (exact) mass is 224 g/mol. The van der Waals surface area contributed by atoms with Crippen LogP contribution in [0.3, 0.4) is 0 Å². The van der Waals surface area contributed by atoms with Crippen LogP contribution >= 0.6 is 0 Å². The van der Waals surface area contributed by atoms with Crippen LogP contribution in [0.4, 0.5) is 0 Å². The molecule has 92 valence electrons. The quantitative estimate of drug-likeness (QED) is 0.766. The zero-order valence-corrected chi connectivity index (χ0v) is 10.8. The highest BCUT2D eigenvalue weighted by molar-refractivity contribution is 5.09. The predicted molar refractivity (Wildman–Crippen MR) is 67.0 cm³/mol. The molecule has 3 N–H and O–H groups in total. The summed E-state index contributed by atoms with van der Waals surface area (Å²) in [6.07, 6.45) is 3.80. The minimum absolute atomic E-state index is 0.0352. The molecule has 1 aromatic heterocycles. The van der Waals surface area contributed by atoms with E-state index in [9.17, 15) is 0 Å². The lowest BCUT2D eigenvalue weighted by Gasteiger charge is -2.17. The first-order valence-corrected chi connectivity index (χ1v) is 5.95. The van der Waals surface area contributed by atoms with Gasteiger partial charge in [0.15, 0.2) is 0 Å². The minimum Gasteiger partial charge on any atom is -0.323 e. The van der Waals surface area contributed by atoms with Crippen molar-refractivity contribution in [2.75, 3.05) is 13.1 Å². The van der Waals surface area contributed by atoms with Crippen molar-refractivity contribution >= 4 is 0 Å². The summed E-state index contributed by atoms with van der Waals surface area (Å²) in [5.74, 6) is 1.39. The van der Waals surface area contributed by atoms with Crippen molar-refractivity contribution in [1.82, 2.24) is 15.1 Å². The van der Waals surface area contributed by atoms with Gasteiger partial charge in [-0.05, 0) is 18.4 Å². The van der Waals surface area contributed by atoms with Gasteiger partial charge in [0.1, 0.15) is 0 Å². The molecule has 1 aromatic rings. The zero-order valence-electron chi connectivity index (χ0n) is 10.8. The van der Waals surface area contributed by atoms with E-state index < -0.39 is 0 Å². The SMILES string of the molecule is CC(C)C(C)CNCC(N)c1cnn(C)c1. The first kappa shape index (κ1) is 13.2. The van der Waals surface area contributed by atoms with Gasteiger partial charge in [-0.15, -0.1) is 0 Å². The number of hydrogen-bond acceptors (Lipinski definition) is 3. The molecule has 0 spiro atoms. The first-order valence-electron chi connectivity index (χ1n) is 5.95. The summed E-state index contributed by atoms with van der Waals surface area (Å²) in [6.45, 7) is 8.57. The largest absolute Gasteiger partial charge is 0.323 e. The molecule has 0 radical (unpaired) electrons. The van der Waals surface area contributed by atoms with E-state index in [0.29, 0.717) is 11.8 Å². The van der Waals surface area contributed by atoms with Crippen LogP contribution in [0.1, 0.15) is 32.4 Å². The van der Waals surface area contributed by atoms with Crippen molar-refractivity contribution in [1.29, 1.82) is 0 Å². The predicted octanol–water partition coefficient (Wildman–Crippen LogP) is 1.30. The molecule has 0 amide bonds. The standard InChI is InChI=1S/C12H24N4/c1-9(2)10(3)5-14-7-12(13)11-6-15-16(4)8-11/h6,8-10,12,14H,5,7,13H2,1-4H3. The maximum absolute atomic E-state index is 6.05. The summed E-state index contributed by atoms with van der Waals surface area (Å²) in [5, 5.41) is 7.53. The van der Waals surface area contributed by atoms with Gasteiger partial charge in [-0.25, -0.2) is 0 Å². The lowest BCUT2D eigenvalue weighted by Crippen LogP contribution is -2.31. The number of hydrogen-bond donors (Lipinski definition) is 2. The molecule has 0 saturated carbocycles. The van der Waals surface area contributed by atoms with Crippen molar-refractivity contribution in [3.8, 4) is 0 Å². The molecule has 2 atom stereocenters. The molecule has 0 aliphatic carbocycles. The third-order valence-electron chi connectivity index (χ3n) is 3.12. The Kier molecular flexibility index (Phi) is 4.96. The summed E-state index contributed by atoms with van der Waals surface area (Å²) in [5.41, 5.74) is 7.14. The second-order valence-electron chi connectivity index (χ2n) is 4.93. The maximum Gasteiger partial charge on any atom is 0.0537 e. The van der Waals surface area contributed by atoms with Gasteiger partial charge >= 0.3 is 0 Å². The van der Waals surface area contributed by atoms with E-state index in [-0.39, 0.29) is 6.04 Å². The van der Waals surface area contributed by atoms with Crippen LogP contribution in [0.15, 0.2) is 12.4 Å². The molecule has 0 bridgehead atoms. The molecule has 4 nitrogen and oxygen atoms in total. The summed E-state index contributed by atoms with van der Waals surface area (Å²) < 4.78 is 1.78. The van der Waals surface area contributed by atoms with Gasteiger partial charge in [0.2, 0.25) is 0 Å². The highest BCUT2D eigenvalue weighted by atomic mass is 15.2. The fraction of sp³-hybridized carbons (Fsp3) is 0.750. The summed E-state index contributed by atoms with van der Waals surface area (Å²) in [4.78, 5) is 0. The summed E-state index contributed by atoms with van der Waals surface area (Å²) in [6, 6.07) is 0.0352. The van der Waals surface area contributed by atoms with E-state index >= 15 is 0 Å². The van der Waals surface area contributed by atoms with Crippen LogP contribution in [0.2, 0.25) is 0 Å².